The van der Waals surface area contributed by atoms with Crippen molar-refractivity contribution in [3.63, 3.8) is 0 Å². The fourth-order valence-electron chi connectivity index (χ4n) is 1.63. The molecule has 0 saturated carbocycles. The first kappa shape index (κ1) is 15.2. The van der Waals surface area contributed by atoms with Gasteiger partial charge < -0.3 is 0 Å². The van der Waals surface area contributed by atoms with Gasteiger partial charge in [-0.1, -0.05) is 67.1 Å². The molecule has 0 fully saturated rings. The number of hydrogen-bond donors (Lipinski definition) is 0. The van der Waals surface area contributed by atoms with Crippen molar-refractivity contribution in [1.29, 1.82) is 0 Å². The van der Waals surface area contributed by atoms with Gasteiger partial charge in [0.05, 0.1) is 0 Å². The van der Waals surface area contributed by atoms with Gasteiger partial charge in [0.25, 0.3) is 0 Å². The third kappa shape index (κ3) is 14.2. The third-order valence-corrected chi connectivity index (χ3v) is 3.21. The topological polar surface area (TPSA) is 0 Å². The van der Waals surface area contributed by atoms with Crippen molar-refractivity contribution in [3.8, 4) is 0 Å². The minimum atomic E-state index is 1.17. The van der Waals surface area contributed by atoms with Gasteiger partial charge in [0, 0.05) is 5.33 Å². The Kier molecular flexibility index (Phi) is 14.4. The monoisotopic (exact) mass is 274 g/mol. The second-order valence-electron chi connectivity index (χ2n) is 4.21. The van der Waals surface area contributed by atoms with Crippen LogP contribution in [0.5, 0.6) is 0 Å². The highest BCUT2D eigenvalue weighted by atomic mass is 79.9. The molecule has 0 aliphatic heterocycles. The molecule has 0 heterocycles. The molecule has 15 heavy (non-hydrogen) atoms. The van der Waals surface area contributed by atoms with Crippen LogP contribution in [0.2, 0.25) is 0 Å². The Labute approximate surface area is 105 Å². The molecule has 0 aliphatic rings. The summed E-state index contributed by atoms with van der Waals surface area (Å²) in [5.41, 5.74) is 0. The molecule has 0 atom stereocenters. The summed E-state index contributed by atoms with van der Waals surface area (Å²) >= 11 is 3.46. The zero-order valence-corrected chi connectivity index (χ0v) is 11.9. The highest BCUT2D eigenvalue weighted by molar-refractivity contribution is 9.09. The van der Waals surface area contributed by atoms with Crippen LogP contribution in [0, 0.1) is 0 Å². The number of alkyl halides is 1. The summed E-state index contributed by atoms with van der Waals surface area (Å²) in [4.78, 5) is 0. The number of unbranched alkanes of at least 4 members (excludes halogenated alkanes) is 8. The first-order valence-corrected chi connectivity index (χ1v) is 7.75. The molecule has 0 aromatic rings. The molecule has 0 saturated heterocycles. The second kappa shape index (κ2) is 14.2. The van der Waals surface area contributed by atoms with E-state index in [4.69, 9.17) is 0 Å². The molecule has 0 spiro atoms. The van der Waals surface area contributed by atoms with Crippen LogP contribution in [-0.4, -0.2) is 5.33 Å². The Balaban J connectivity index is 2.96. The SMILES string of the molecule is CCCCCC=CCCCCCCCBr. The van der Waals surface area contributed by atoms with Crippen LogP contribution in [0.15, 0.2) is 12.2 Å². The van der Waals surface area contributed by atoms with Gasteiger partial charge in [-0.15, -0.1) is 0 Å². The normalized spacial score (nSPS) is 11.3. The van der Waals surface area contributed by atoms with Crippen molar-refractivity contribution < 1.29 is 0 Å². The molecular formula is C14H27Br. The van der Waals surface area contributed by atoms with Crippen molar-refractivity contribution >= 4 is 15.9 Å². The molecule has 0 aliphatic carbocycles. The lowest BCUT2D eigenvalue weighted by molar-refractivity contribution is 0.640. The Morgan fingerprint density at radius 1 is 0.733 bits per heavy atom. The quantitative estimate of drug-likeness (QED) is 0.252. The summed E-state index contributed by atoms with van der Waals surface area (Å²) in [5.74, 6) is 0. The van der Waals surface area contributed by atoms with E-state index in [0.717, 1.165) is 0 Å². The lowest BCUT2D eigenvalue weighted by atomic mass is 10.1. The van der Waals surface area contributed by atoms with Crippen LogP contribution in [0.1, 0.15) is 71.1 Å². The van der Waals surface area contributed by atoms with E-state index in [1.54, 1.807) is 0 Å². The molecule has 0 bridgehead atoms. The molecule has 0 amide bonds. The summed E-state index contributed by atoms with van der Waals surface area (Å²) in [7, 11) is 0. The second-order valence-corrected chi connectivity index (χ2v) is 5.01. The van der Waals surface area contributed by atoms with Crippen LogP contribution in [0.25, 0.3) is 0 Å². The zero-order chi connectivity index (χ0) is 11.2. The minimum Gasteiger partial charge on any atom is -0.0928 e. The van der Waals surface area contributed by atoms with Crippen LogP contribution < -0.4 is 0 Å². The Morgan fingerprint density at radius 3 is 1.87 bits per heavy atom. The van der Waals surface area contributed by atoms with Crippen LogP contribution in [0.3, 0.4) is 0 Å². The van der Waals surface area contributed by atoms with Gasteiger partial charge in [-0.05, 0) is 32.1 Å². The van der Waals surface area contributed by atoms with Crippen molar-refractivity contribution in [1.82, 2.24) is 0 Å². The standard InChI is InChI=1S/C14H27Br/c1-2-3-4-5-6-7-8-9-10-11-12-13-14-15/h6-7H,2-5,8-14H2,1H3. The number of allylic oxidation sites excluding steroid dienone is 2. The van der Waals surface area contributed by atoms with Gasteiger partial charge in [-0.3, -0.25) is 0 Å². The molecule has 0 nitrogen and oxygen atoms in total. The Bertz CT molecular complexity index is 129. The molecule has 90 valence electrons. The van der Waals surface area contributed by atoms with E-state index in [1.165, 1.54) is 69.5 Å². The van der Waals surface area contributed by atoms with Crippen LogP contribution in [-0.2, 0) is 0 Å². The lowest BCUT2D eigenvalue weighted by Crippen LogP contribution is -1.79. The Hall–Kier alpha value is 0.220. The average molecular weight is 275 g/mol. The largest absolute Gasteiger partial charge is 0.0928 e. The van der Waals surface area contributed by atoms with E-state index in [2.05, 4.69) is 35.0 Å². The van der Waals surface area contributed by atoms with E-state index in [0.29, 0.717) is 0 Å². The Morgan fingerprint density at radius 2 is 1.27 bits per heavy atom. The molecule has 0 aromatic carbocycles. The molecule has 0 aromatic heterocycles. The molecule has 0 N–H and O–H groups in total. The van der Waals surface area contributed by atoms with Crippen molar-refractivity contribution in [3.05, 3.63) is 12.2 Å². The van der Waals surface area contributed by atoms with E-state index in [9.17, 15) is 0 Å². The fourth-order valence-corrected chi connectivity index (χ4v) is 2.03. The first-order valence-electron chi connectivity index (χ1n) is 6.62. The highest BCUT2D eigenvalue weighted by Gasteiger charge is 1.88. The first-order chi connectivity index (χ1) is 7.41. The van der Waals surface area contributed by atoms with Crippen molar-refractivity contribution in [2.75, 3.05) is 5.33 Å². The fraction of sp³-hybridized carbons (Fsp3) is 0.857. The number of halogens is 1. The third-order valence-electron chi connectivity index (χ3n) is 2.65. The molecule has 0 radical (unpaired) electrons. The maximum Gasteiger partial charge on any atom is 0.00313 e. The molecule has 0 rings (SSSR count). The van der Waals surface area contributed by atoms with Gasteiger partial charge in [-0.25, -0.2) is 0 Å². The van der Waals surface area contributed by atoms with Crippen LogP contribution >= 0.6 is 15.9 Å². The molecular weight excluding hydrogens is 248 g/mol. The van der Waals surface area contributed by atoms with E-state index >= 15 is 0 Å². The van der Waals surface area contributed by atoms with Crippen LogP contribution in [0.4, 0.5) is 0 Å². The number of rotatable bonds is 11. The van der Waals surface area contributed by atoms with Gasteiger partial charge in [0.2, 0.25) is 0 Å². The van der Waals surface area contributed by atoms with Crippen molar-refractivity contribution in [2.45, 2.75) is 71.1 Å². The van der Waals surface area contributed by atoms with Gasteiger partial charge >= 0.3 is 0 Å². The number of hydrogen-bond acceptors (Lipinski definition) is 0. The summed E-state index contributed by atoms with van der Waals surface area (Å²) in [6.45, 7) is 2.26. The summed E-state index contributed by atoms with van der Waals surface area (Å²) in [6.07, 6.45) is 18.4. The predicted octanol–water partition coefficient (Wildman–Crippen LogP) is 5.86. The summed E-state index contributed by atoms with van der Waals surface area (Å²) < 4.78 is 0. The average Bonchev–Trinajstić information content (AvgIpc) is 2.26. The summed E-state index contributed by atoms with van der Waals surface area (Å²) in [5, 5.41) is 1.17. The minimum absolute atomic E-state index is 1.17. The zero-order valence-electron chi connectivity index (χ0n) is 10.3. The van der Waals surface area contributed by atoms with Gasteiger partial charge in [0.1, 0.15) is 0 Å². The van der Waals surface area contributed by atoms with E-state index in [-0.39, 0.29) is 0 Å². The van der Waals surface area contributed by atoms with Crippen molar-refractivity contribution in [2.24, 2.45) is 0 Å². The smallest absolute Gasteiger partial charge is 0.00313 e. The van der Waals surface area contributed by atoms with E-state index < -0.39 is 0 Å². The predicted molar refractivity (Wildman–Crippen MR) is 74.8 cm³/mol. The molecule has 1 heteroatoms. The van der Waals surface area contributed by atoms with Gasteiger partial charge in [0.15, 0.2) is 0 Å². The highest BCUT2D eigenvalue weighted by Crippen LogP contribution is 2.07. The maximum atomic E-state index is 3.46. The molecule has 0 unspecified atom stereocenters. The van der Waals surface area contributed by atoms with E-state index in [1.807, 2.05) is 0 Å². The lowest BCUT2D eigenvalue weighted by Gasteiger charge is -1.97. The van der Waals surface area contributed by atoms with Gasteiger partial charge in [-0.2, -0.15) is 0 Å². The maximum absolute atomic E-state index is 3.46. The summed E-state index contributed by atoms with van der Waals surface area (Å²) in [6, 6.07) is 0.